The van der Waals surface area contributed by atoms with E-state index in [1.54, 1.807) is 0 Å². The number of hydrogen-bond acceptors (Lipinski definition) is 5. The average molecular weight is 178 g/mol. The van der Waals surface area contributed by atoms with E-state index in [9.17, 15) is 4.79 Å². The van der Waals surface area contributed by atoms with Gasteiger partial charge >= 0.3 is 5.97 Å². The number of carboxylic acids is 1. The monoisotopic (exact) mass is 178 g/mol. The minimum Gasteiger partial charge on any atom is -0.480 e. The maximum absolute atomic E-state index is 9.73. The summed E-state index contributed by atoms with van der Waals surface area (Å²) in [4.78, 5) is 9.73. The Morgan fingerprint density at radius 1 is 1.25 bits per heavy atom. The van der Waals surface area contributed by atoms with E-state index >= 15 is 0 Å². The molecule has 0 aliphatic carbocycles. The number of carbonyl (C=O) groups is 1. The third kappa shape index (κ3) is 12.0. The molecule has 0 amide bonds. The minimum absolute atomic E-state index is 0.00463. The highest BCUT2D eigenvalue weighted by Crippen LogP contribution is 1.68. The number of rotatable bonds is 4. The van der Waals surface area contributed by atoms with Gasteiger partial charge in [-0.15, -0.1) is 0 Å². The Hall–Kier alpha value is -0.690. The van der Waals surface area contributed by atoms with Crippen LogP contribution in [0.3, 0.4) is 0 Å². The largest absolute Gasteiger partial charge is 0.480 e. The first kappa shape index (κ1) is 13.9. The maximum atomic E-state index is 9.73. The molecule has 0 aromatic carbocycles. The fraction of sp³-hybridized carbons (Fsp3) is 0.833. The molecule has 1 atom stereocenters. The van der Waals surface area contributed by atoms with Crippen molar-refractivity contribution in [2.45, 2.75) is 12.5 Å². The zero-order chi connectivity index (χ0) is 9.98. The molecule has 0 heterocycles. The summed E-state index contributed by atoms with van der Waals surface area (Å²) in [5.41, 5.74) is 19.9. The van der Waals surface area contributed by atoms with E-state index in [0.717, 1.165) is 19.5 Å². The Kier molecular flexibility index (Phi) is 11.9. The van der Waals surface area contributed by atoms with Crippen LogP contribution in [-0.4, -0.2) is 36.8 Å². The van der Waals surface area contributed by atoms with Crippen LogP contribution < -0.4 is 22.9 Å². The van der Waals surface area contributed by atoms with Crippen LogP contribution >= 0.6 is 0 Å². The van der Waals surface area contributed by atoms with Gasteiger partial charge in [0.1, 0.15) is 6.04 Å². The first-order chi connectivity index (χ1) is 5.59. The molecule has 0 aliphatic rings. The fourth-order valence-electron chi connectivity index (χ4n) is 0.219. The van der Waals surface area contributed by atoms with Gasteiger partial charge in [-0.05, 0) is 19.5 Å². The highest BCUT2D eigenvalue weighted by atomic mass is 16.4. The Morgan fingerprint density at radius 2 is 1.67 bits per heavy atom. The Morgan fingerprint density at radius 3 is 1.67 bits per heavy atom. The molecule has 0 bridgehead atoms. The van der Waals surface area contributed by atoms with Gasteiger partial charge < -0.3 is 28.0 Å². The topological polar surface area (TPSA) is 141 Å². The summed E-state index contributed by atoms with van der Waals surface area (Å²) >= 11 is 0. The van der Waals surface area contributed by atoms with Crippen LogP contribution in [0.2, 0.25) is 0 Å². The smallest absolute Gasteiger partial charge is 0.321 e. The van der Waals surface area contributed by atoms with Crippen molar-refractivity contribution in [1.29, 1.82) is 0 Å². The predicted octanol–water partition coefficient (Wildman–Crippen LogP) is -2.35. The second kappa shape index (κ2) is 10.3. The SMILES string of the molecule is NCCCN.NC[C@H](N)C(=O)O. The van der Waals surface area contributed by atoms with Gasteiger partial charge in [0, 0.05) is 6.54 Å². The third-order valence-electron chi connectivity index (χ3n) is 0.979. The predicted molar refractivity (Wildman–Crippen MR) is 47.4 cm³/mol. The lowest BCUT2D eigenvalue weighted by Crippen LogP contribution is -2.37. The summed E-state index contributed by atoms with van der Waals surface area (Å²) in [7, 11) is 0. The normalized spacial score (nSPS) is 11.3. The summed E-state index contributed by atoms with van der Waals surface area (Å²) in [5, 5.41) is 7.98. The van der Waals surface area contributed by atoms with Crippen LogP contribution in [0.25, 0.3) is 0 Å². The van der Waals surface area contributed by atoms with E-state index in [1.807, 2.05) is 0 Å². The molecule has 0 radical (unpaired) electrons. The van der Waals surface area contributed by atoms with E-state index in [2.05, 4.69) is 0 Å². The molecule has 0 rings (SSSR count). The lowest BCUT2D eigenvalue weighted by Gasteiger charge is -1.97. The van der Waals surface area contributed by atoms with Crippen LogP contribution in [-0.2, 0) is 4.79 Å². The lowest BCUT2D eigenvalue weighted by molar-refractivity contribution is -0.138. The van der Waals surface area contributed by atoms with Crippen molar-refractivity contribution in [3.05, 3.63) is 0 Å². The number of nitrogens with two attached hydrogens (primary N) is 4. The van der Waals surface area contributed by atoms with Crippen molar-refractivity contribution >= 4 is 5.97 Å². The standard InChI is InChI=1S/C3H8N2O2.C3H10N2/c4-1-2(5)3(6)7;4-2-1-3-5/h2H,1,4-5H2,(H,6,7);1-5H2/t2-;/m0./s1. The quantitative estimate of drug-likeness (QED) is 0.326. The van der Waals surface area contributed by atoms with Gasteiger partial charge in [-0.1, -0.05) is 0 Å². The van der Waals surface area contributed by atoms with Crippen molar-refractivity contribution in [1.82, 2.24) is 0 Å². The Balaban J connectivity index is 0. The second-order valence-corrected chi connectivity index (χ2v) is 2.11. The molecule has 0 aliphatic heterocycles. The van der Waals surface area contributed by atoms with Crippen molar-refractivity contribution in [3.63, 3.8) is 0 Å². The van der Waals surface area contributed by atoms with Gasteiger partial charge in [-0.3, -0.25) is 4.79 Å². The number of hydrogen-bond donors (Lipinski definition) is 5. The molecule has 6 nitrogen and oxygen atoms in total. The van der Waals surface area contributed by atoms with Crippen molar-refractivity contribution in [3.8, 4) is 0 Å². The molecule has 6 heteroatoms. The maximum Gasteiger partial charge on any atom is 0.321 e. The van der Waals surface area contributed by atoms with Gasteiger partial charge in [0.2, 0.25) is 0 Å². The molecule has 0 aromatic heterocycles. The van der Waals surface area contributed by atoms with Gasteiger partial charge in [0.25, 0.3) is 0 Å². The van der Waals surface area contributed by atoms with Crippen LogP contribution in [0.4, 0.5) is 0 Å². The van der Waals surface area contributed by atoms with Crippen LogP contribution in [0.1, 0.15) is 6.42 Å². The zero-order valence-electron chi connectivity index (χ0n) is 7.07. The van der Waals surface area contributed by atoms with E-state index in [4.69, 9.17) is 28.0 Å². The summed E-state index contributed by atoms with van der Waals surface area (Å²) < 4.78 is 0. The molecule has 0 spiro atoms. The number of aliphatic carboxylic acids is 1. The summed E-state index contributed by atoms with van der Waals surface area (Å²) in [6, 6.07) is -0.903. The second-order valence-electron chi connectivity index (χ2n) is 2.11. The van der Waals surface area contributed by atoms with Crippen LogP contribution in [0.5, 0.6) is 0 Å². The van der Waals surface area contributed by atoms with Gasteiger partial charge in [-0.25, -0.2) is 0 Å². The minimum atomic E-state index is -1.05. The zero-order valence-corrected chi connectivity index (χ0v) is 7.07. The van der Waals surface area contributed by atoms with Gasteiger partial charge in [-0.2, -0.15) is 0 Å². The molecular formula is C6H18N4O2. The van der Waals surface area contributed by atoms with Gasteiger partial charge in [0.05, 0.1) is 0 Å². The molecule has 0 fully saturated rings. The molecule has 0 aromatic rings. The van der Waals surface area contributed by atoms with Crippen molar-refractivity contribution < 1.29 is 9.90 Å². The van der Waals surface area contributed by atoms with E-state index in [1.165, 1.54) is 0 Å². The van der Waals surface area contributed by atoms with E-state index in [0.29, 0.717) is 0 Å². The molecule has 9 N–H and O–H groups in total. The molecule has 74 valence electrons. The summed E-state index contributed by atoms with van der Waals surface area (Å²) in [6.45, 7) is 1.43. The van der Waals surface area contributed by atoms with Crippen LogP contribution in [0, 0.1) is 0 Å². The first-order valence-electron chi connectivity index (χ1n) is 3.68. The van der Waals surface area contributed by atoms with E-state index in [-0.39, 0.29) is 6.54 Å². The van der Waals surface area contributed by atoms with Crippen molar-refractivity contribution in [2.75, 3.05) is 19.6 Å². The average Bonchev–Trinajstić information content (AvgIpc) is 2.05. The van der Waals surface area contributed by atoms with Crippen molar-refractivity contribution in [2.24, 2.45) is 22.9 Å². The number of carboxylic acid groups (broad SMARTS) is 1. The van der Waals surface area contributed by atoms with Gasteiger partial charge in [0.15, 0.2) is 0 Å². The molecule has 12 heavy (non-hydrogen) atoms. The summed E-state index contributed by atoms with van der Waals surface area (Å²) in [6.07, 6.45) is 0.944. The molecule has 0 saturated heterocycles. The first-order valence-corrected chi connectivity index (χ1v) is 3.68. The fourth-order valence-corrected chi connectivity index (χ4v) is 0.219. The third-order valence-corrected chi connectivity index (χ3v) is 0.979. The summed E-state index contributed by atoms with van der Waals surface area (Å²) in [5.74, 6) is -1.05. The lowest BCUT2D eigenvalue weighted by atomic mass is 10.3. The Bertz CT molecular complexity index is 108. The highest BCUT2D eigenvalue weighted by Gasteiger charge is 2.05. The highest BCUT2D eigenvalue weighted by molar-refractivity contribution is 5.73. The van der Waals surface area contributed by atoms with Crippen LogP contribution in [0.15, 0.2) is 0 Å². The Labute approximate surface area is 71.9 Å². The molecule has 0 saturated carbocycles. The molecule has 0 unspecified atom stereocenters. The van der Waals surface area contributed by atoms with E-state index < -0.39 is 12.0 Å². The molecular weight excluding hydrogens is 160 g/mol.